The van der Waals surface area contributed by atoms with Crippen LogP contribution in [0.2, 0.25) is 5.02 Å². The number of guanidine groups is 1. The Bertz CT molecular complexity index is 547. The highest BCUT2D eigenvalue weighted by Crippen LogP contribution is 2.27. The molecule has 2 N–H and O–H groups in total. The van der Waals surface area contributed by atoms with Gasteiger partial charge in [0.2, 0.25) is 0 Å². The second-order valence-corrected chi connectivity index (χ2v) is 4.97. The van der Waals surface area contributed by atoms with Crippen molar-refractivity contribution in [3.05, 3.63) is 34.6 Å². The summed E-state index contributed by atoms with van der Waals surface area (Å²) in [6.07, 6.45) is 0.889. The van der Waals surface area contributed by atoms with Crippen molar-refractivity contribution in [2.24, 2.45) is 4.99 Å². The molecule has 1 heterocycles. The molecule has 1 aliphatic heterocycles. The van der Waals surface area contributed by atoms with Gasteiger partial charge in [0, 0.05) is 6.54 Å². The van der Waals surface area contributed by atoms with Gasteiger partial charge >= 0.3 is 0 Å². The van der Waals surface area contributed by atoms with E-state index in [0.717, 1.165) is 6.42 Å². The van der Waals surface area contributed by atoms with Crippen LogP contribution in [0.5, 0.6) is 0 Å². The van der Waals surface area contributed by atoms with Gasteiger partial charge in [-0.1, -0.05) is 24.6 Å². The first-order valence-electron chi connectivity index (χ1n) is 6.07. The quantitative estimate of drug-likeness (QED) is 0.893. The summed E-state index contributed by atoms with van der Waals surface area (Å²) in [5.41, 5.74) is -0.387. The van der Waals surface area contributed by atoms with E-state index >= 15 is 0 Å². The van der Waals surface area contributed by atoms with E-state index in [-0.39, 0.29) is 10.9 Å². The molecule has 0 aromatic heterocycles. The molecule has 6 heteroatoms. The molecule has 0 spiro atoms. The topological polar surface area (TPSA) is 53.5 Å². The first-order valence-corrected chi connectivity index (χ1v) is 6.45. The smallest absolute Gasteiger partial charge is 0.256 e. The Labute approximate surface area is 116 Å². The first-order chi connectivity index (χ1) is 8.97. The van der Waals surface area contributed by atoms with Crippen molar-refractivity contribution < 1.29 is 9.18 Å². The number of aliphatic imine (C=N–C) groups is 1. The number of carbonyl (C=O) groups excluding carboxylic acids is 1. The minimum absolute atomic E-state index is 0.00716. The average Bonchev–Trinajstić information content (AvgIpc) is 2.67. The zero-order valence-corrected chi connectivity index (χ0v) is 11.5. The van der Waals surface area contributed by atoms with E-state index in [0.29, 0.717) is 18.1 Å². The maximum atomic E-state index is 13.2. The first kappa shape index (κ1) is 13.8. The van der Waals surface area contributed by atoms with Gasteiger partial charge < -0.3 is 5.32 Å². The lowest BCUT2D eigenvalue weighted by Gasteiger charge is -2.21. The molecule has 0 aliphatic carbocycles. The van der Waals surface area contributed by atoms with Crippen molar-refractivity contribution >= 4 is 23.5 Å². The SMILES string of the molecule is CCCN=C1NC(=O)C(C)(c2ccc(F)c(Cl)c2)N1. The molecule has 1 aromatic rings. The highest BCUT2D eigenvalue weighted by molar-refractivity contribution is 6.30. The zero-order valence-electron chi connectivity index (χ0n) is 10.8. The van der Waals surface area contributed by atoms with Gasteiger partial charge in [-0.05, 0) is 31.0 Å². The molecule has 102 valence electrons. The van der Waals surface area contributed by atoms with Gasteiger partial charge in [-0.25, -0.2) is 4.39 Å². The molecule has 2 rings (SSSR count). The Hall–Kier alpha value is -1.62. The van der Waals surface area contributed by atoms with Gasteiger partial charge in [-0.2, -0.15) is 0 Å². The number of hydrogen-bond donors (Lipinski definition) is 2. The molecule has 1 aromatic carbocycles. The van der Waals surface area contributed by atoms with Gasteiger partial charge in [-0.3, -0.25) is 15.1 Å². The molecular formula is C13H15ClFN3O. The Morgan fingerprint density at radius 1 is 1.47 bits per heavy atom. The molecular weight excluding hydrogens is 269 g/mol. The molecule has 1 saturated heterocycles. The lowest BCUT2D eigenvalue weighted by atomic mass is 9.92. The summed E-state index contributed by atoms with van der Waals surface area (Å²) >= 11 is 5.76. The van der Waals surface area contributed by atoms with E-state index in [1.54, 1.807) is 6.92 Å². The Kier molecular flexibility index (Phi) is 3.75. The van der Waals surface area contributed by atoms with Crippen LogP contribution >= 0.6 is 11.6 Å². The third kappa shape index (κ3) is 2.56. The number of rotatable bonds is 3. The molecule has 0 saturated carbocycles. The molecule has 0 bridgehead atoms. The summed E-state index contributed by atoms with van der Waals surface area (Å²) in [7, 11) is 0. The fraction of sp³-hybridized carbons (Fsp3) is 0.385. The minimum Gasteiger partial charge on any atom is -0.338 e. The molecule has 1 unspecified atom stereocenters. The summed E-state index contributed by atoms with van der Waals surface area (Å²) in [6, 6.07) is 4.24. The Morgan fingerprint density at radius 3 is 2.84 bits per heavy atom. The number of benzene rings is 1. The van der Waals surface area contributed by atoms with E-state index in [1.807, 2.05) is 6.92 Å². The summed E-state index contributed by atoms with van der Waals surface area (Å²) in [4.78, 5) is 16.3. The number of halogens is 2. The second kappa shape index (κ2) is 5.17. The van der Waals surface area contributed by atoms with E-state index in [2.05, 4.69) is 15.6 Å². The van der Waals surface area contributed by atoms with Crippen LogP contribution in [0, 0.1) is 5.82 Å². The van der Waals surface area contributed by atoms with Crippen molar-refractivity contribution in [1.29, 1.82) is 0 Å². The number of nitrogens with one attached hydrogen (secondary N) is 2. The second-order valence-electron chi connectivity index (χ2n) is 4.56. The molecule has 19 heavy (non-hydrogen) atoms. The van der Waals surface area contributed by atoms with E-state index in [1.165, 1.54) is 18.2 Å². The number of nitrogens with zero attached hydrogens (tertiary/aromatic N) is 1. The highest BCUT2D eigenvalue weighted by atomic mass is 35.5. The maximum absolute atomic E-state index is 13.2. The largest absolute Gasteiger partial charge is 0.338 e. The van der Waals surface area contributed by atoms with Gasteiger partial charge in [0.05, 0.1) is 5.02 Å². The molecule has 1 atom stereocenters. The van der Waals surface area contributed by atoms with Crippen LogP contribution in [0.4, 0.5) is 4.39 Å². The van der Waals surface area contributed by atoms with Crippen LogP contribution in [0.3, 0.4) is 0 Å². The van der Waals surface area contributed by atoms with Crippen LogP contribution in [-0.2, 0) is 10.3 Å². The van der Waals surface area contributed by atoms with Gasteiger partial charge in [-0.15, -0.1) is 0 Å². The lowest BCUT2D eigenvalue weighted by Crippen LogP contribution is -2.40. The standard InChI is InChI=1S/C13H15ClFN3O/c1-3-6-16-12-17-11(19)13(2,18-12)8-4-5-10(15)9(14)7-8/h4-5,7H,3,6H2,1-2H3,(H2,16,17,18,19). The van der Waals surface area contributed by atoms with Crippen LogP contribution in [0.15, 0.2) is 23.2 Å². The summed E-state index contributed by atoms with van der Waals surface area (Å²) in [5.74, 6) is -0.299. The van der Waals surface area contributed by atoms with Crippen molar-refractivity contribution in [2.75, 3.05) is 6.54 Å². The summed E-state index contributed by atoms with van der Waals surface area (Å²) < 4.78 is 13.2. The van der Waals surface area contributed by atoms with Crippen LogP contribution < -0.4 is 10.6 Å². The number of hydrogen-bond acceptors (Lipinski definition) is 2. The summed E-state index contributed by atoms with van der Waals surface area (Å²) in [5, 5.41) is 5.69. The normalized spacial score (nSPS) is 24.4. The molecule has 4 nitrogen and oxygen atoms in total. The average molecular weight is 284 g/mol. The molecule has 1 amide bonds. The Morgan fingerprint density at radius 2 is 2.21 bits per heavy atom. The van der Waals surface area contributed by atoms with Gasteiger partial charge in [0.25, 0.3) is 5.91 Å². The lowest BCUT2D eigenvalue weighted by molar-refractivity contribution is -0.123. The molecule has 1 fully saturated rings. The van der Waals surface area contributed by atoms with Crippen molar-refractivity contribution in [3.63, 3.8) is 0 Å². The third-order valence-corrected chi connectivity index (χ3v) is 3.33. The zero-order chi connectivity index (χ0) is 14.0. The van der Waals surface area contributed by atoms with Crippen molar-refractivity contribution in [3.8, 4) is 0 Å². The van der Waals surface area contributed by atoms with Crippen molar-refractivity contribution in [2.45, 2.75) is 25.8 Å². The summed E-state index contributed by atoms with van der Waals surface area (Å²) in [6.45, 7) is 4.34. The van der Waals surface area contributed by atoms with Gasteiger partial charge in [0.1, 0.15) is 11.4 Å². The third-order valence-electron chi connectivity index (χ3n) is 3.04. The highest BCUT2D eigenvalue weighted by Gasteiger charge is 2.42. The fourth-order valence-electron chi connectivity index (χ4n) is 1.87. The van der Waals surface area contributed by atoms with E-state index < -0.39 is 11.4 Å². The van der Waals surface area contributed by atoms with E-state index in [9.17, 15) is 9.18 Å². The fourth-order valence-corrected chi connectivity index (χ4v) is 2.05. The predicted octanol–water partition coefficient (Wildman–Crippen LogP) is 2.18. The monoisotopic (exact) mass is 283 g/mol. The number of carbonyl (C=O) groups is 1. The molecule has 0 radical (unpaired) electrons. The predicted molar refractivity (Wildman–Crippen MR) is 72.6 cm³/mol. The van der Waals surface area contributed by atoms with Crippen LogP contribution in [0.25, 0.3) is 0 Å². The minimum atomic E-state index is -0.982. The maximum Gasteiger partial charge on any atom is 0.256 e. The van der Waals surface area contributed by atoms with Crippen LogP contribution in [-0.4, -0.2) is 18.4 Å². The van der Waals surface area contributed by atoms with Gasteiger partial charge in [0.15, 0.2) is 5.96 Å². The van der Waals surface area contributed by atoms with Crippen LogP contribution in [0.1, 0.15) is 25.8 Å². The molecule has 1 aliphatic rings. The van der Waals surface area contributed by atoms with Crippen molar-refractivity contribution in [1.82, 2.24) is 10.6 Å². The van der Waals surface area contributed by atoms with E-state index in [4.69, 9.17) is 11.6 Å². The number of amides is 1. The Balaban J connectivity index is 2.32.